The van der Waals surface area contributed by atoms with Crippen LogP contribution in [0.5, 0.6) is 0 Å². The quantitative estimate of drug-likeness (QED) is 0.679. The summed E-state index contributed by atoms with van der Waals surface area (Å²) < 4.78 is 5.69. The highest BCUT2D eigenvalue weighted by Gasteiger charge is 2.14. The van der Waals surface area contributed by atoms with Crippen molar-refractivity contribution in [3.63, 3.8) is 0 Å². The molecule has 4 heteroatoms. The number of rotatable bonds is 4. The van der Waals surface area contributed by atoms with E-state index in [1.807, 2.05) is 56.3 Å². The Morgan fingerprint density at radius 3 is 2.83 bits per heavy atom. The van der Waals surface area contributed by atoms with Gasteiger partial charge in [0.1, 0.15) is 17.2 Å². The molecule has 0 saturated carbocycles. The van der Waals surface area contributed by atoms with Crippen molar-refractivity contribution in [2.75, 3.05) is 11.4 Å². The molecule has 3 aromatic rings. The topological polar surface area (TPSA) is 46.3 Å². The van der Waals surface area contributed by atoms with Gasteiger partial charge >= 0.3 is 0 Å². The number of fused-ring (bicyclic) bond motifs is 1. The minimum absolute atomic E-state index is 0.116. The Balaban J connectivity index is 1.83. The largest absolute Gasteiger partial charge is 0.457 e. The first kappa shape index (κ1) is 15.0. The molecule has 3 rings (SSSR count). The van der Waals surface area contributed by atoms with E-state index in [1.54, 1.807) is 17.2 Å². The zero-order valence-corrected chi connectivity index (χ0v) is 13.2. The van der Waals surface area contributed by atoms with E-state index in [2.05, 4.69) is 4.98 Å². The fourth-order valence-electron chi connectivity index (χ4n) is 2.50. The lowest BCUT2D eigenvalue weighted by Crippen LogP contribution is -2.30. The van der Waals surface area contributed by atoms with Gasteiger partial charge < -0.3 is 4.42 Å². The van der Waals surface area contributed by atoms with E-state index in [4.69, 9.17) is 4.42 Å². The van der Waals surface area contributed by atoms with Gasteiger partial charge in [-0.05, 0) is 43.7 Å². The highest BCUT2D eigenvalue weighted by molar-refractivity contribution is 6.03. The van der Waals surface area contributed by atoms with E-state index < -0.39 is 0 Å². The molecule has 0 fully saturated rings. The van der Waals surface area contributed by atoms with Gasteiger partial charge in [-0.25, -0.2) is 4.98 Å². The van der Waals surface area contributed by atoms with Gasteiger partial charge in [-0.2, -0.15) is 0 Å². The lowest BCUT2D eigenvalue weighted by molar-refractivity contribution is -0.114. The fraction of sp³-hybridized carbons (Fsp3) is 0.158. The van der Waals surface area contributed by atoms with E-state index in [1.165, 1.54) is 6.08 Å². The molecule has 0 bridgehead atoms. The number of benzene rings is 1. The number of anilines is 1. The SMILES string of the molecule is CCN(C(=O)C=Cc1cc2ccccc2o1)c1ncccc1C. The standard InChI is InChI=1S/C19H18N2O2/c1-3-21(19-14(2)7-6-12-20-19)18(22)11-10-16-13-15-8-4-5-9-17(15)23-16/h4-13H,3H2,1-2H3. The summed E-state index contributed by atoms with van der Waals surface area (Å²) in [6, 6.07) is 13.5. The second kappa shape index (κ2) is 6.48. The Labute approximate surface area is 135 Å². The summed E-state index contributed by atoms with van der Waals surface area (Å²) in [7, 11) is 0. The molecule has 2 aromatic heterocycles. The van der Waals surface area contributed by atoms with E-state index >= 15 is 0 Å². The molecule has 23 heavy (non-hydrogen) atoms. The van der Waals surface area contributed by atoms with E-state index in [-0.39, 0.29) is 5.91 Å². The summed E-state index contributed by atoms with van der Waals surface area (Å²) in [4.78, 5) is 18.4. The van der Waals surface area contributed by atoms with Crippen LogP contribution in [-0.2, 0) is 4.79 Å². The molecule has 116 valence electrons. The minimum Gasteiger partial charge on any atom is -0.457 e. The Morgan fingerprint density at radius 2 is 2.09 bits per heavy atom. The van der Waals surface area contributed by atoms with Gasteiger partial charge in [-0.1, -0.05) is 24.3 Å². The molecule has 0 aliphatic rings. The van der Waals surface area contributed by atoms with Crippen LogP contribution in [0.25, 0.3) is 17.0 Å². The third-order valence-corrected chi connectivity index (χ3v) is 3.65. The van der Waals surface area contributed by atoms with Crippen LogP contribution in [0, 0.1) is 6.92 Å². The van der Waals surface area contributed by atoms with Crippen molar-refractivity contribution in [1.82, 2.24) is 4.98 Å². The summed E-state index contributed by atoms with van der Waals surface area (Å²) in [5.74, 6) is 1.23. The van der Waals surface area contributed by atoms with E-state index in [0.29, 0.717) is 18.1 Å². The second-order valence-electron chi connectivity index (χ2n) is 5.25. The number of para-hydroxylation sites is 1. The summed E-state index contributed by atoms with van der Waals surface area (Å²) in [5.41, 5.74) is 1.78. The first-order chi connectivity index (χ1) is 11.2. The van der Waals surface area contributed by atoms with Gasteiger partial charge in [0.2, 0.25) is 0 Å². The van der Waals surface area contributed by atoms with Crippen LogP contribution in [0.1, 0.15) is 18.2 Å². The second-order valence-corrected chi connectivity index (χ2v) is 5.25. The number of carbonyl (C=O) groups excluding carboxylic acids is 1. The molecule has 4 nitrogen and oxygen atoms in total. The number of amides is 1. The van der Waals surface area contributed by atoms with Crippen LogP contribution in [0.2, 0.25) is 0 Å². The van der Waals surface area contributed by atoms with Crippen LogP contribution in [0.4, 0.5) is 5.82 Å². The third-order valence-electron chi connectivity index (χ3n) is 3.65. The number of carbonyl (C=O) groups is 1. The maximum atomic E-state index is 12.5. The van der Waals surface area contributed by atoms with Crippen molar-refractivity contribution in [2.24, 2.45) is 0 Å². The predicted octanol–water partition coefficient (Wildman–Crippen LogP) is 4.20. The van der Waals surface area contributed by atoms with Gasteiger partial charge in [0.15, 0.2) is 0 Å². The molecule has 2 heterocycles. The number of hydrogen-bond donors (Lipinski definition) is 0. The van der Waals surface area contributed by atoms with Crippen molar-refractivity contribution >= 4 is 28.8 Å². The molecule has 0 aliphatic heterocycles. The summed E-state index contributed by atoms with van der Waals surface area (Å²) in [6.07, 6.45) is 4.92. The first-order valence-corrected chi connectivity index (χ1v) is 7.59. The lowest BCUT2D eigenvalue weighted by Gasteiger charge is -2.19. The Kier molecular flexibility index (Phi) is 4.24. The van der Waals surface area contributed by atoms with Crippen molar-refractivity contribution in [2.45, 2.75) is 13.8 Å². The van der Waals surface area contributed by atoms with Crippen molar-refractivity contribution in [3.05, 3.63) is 66.1 Å². The maximum Gasteiger partial charge on any atom is 0.252 e. The highest BCUT2D eigenvalue weighted by Crippen LogP contribution is 2.20. The molecule has 0 atom stereocenters. The Morgan fingerprint density at radius 1 is 1.26 bits per heavy atom. The average Bonchev–Trinajstić information content (AvgIpc) is 2.98. The zero-order chi connectivity index (χ0) is 16.2. The molecule has 0 saturated heterocycles. The van der Waals surface area contributed by atoms with Crippen LogP contribution in [0.15, 0.2) is 59.2 Å². The van der Waals surface area contributed by atoms with Crippen LogP contribution >= 0.6 is 0 Å². The van der Waals surface area contributed by atoms with Gasteiger partial charge in [0, 0.05) is 24.2 Å². The fourth-order valence-corrected chi connectivity index (χ4v) is 2.50. The smallest absolute Gasteiger partial charge is 0.252 e. The van der Waals surface area contributed by atoms with Gasteiger partial charge in [-0.15, -0.1) is 0 Å². The number of furan rings is 1. The van der Waals surface area contributed by atoms with Crippen molar-refractivity contribution < 1.29 is 9.21 Å². The van der Waals surface area contributed by atoms with Gasteiger partial charge in [-0.3, -0.25) is 9.69 Å². The molecule has 0 spiro atoms. The number of aryl methyl sites for hydroxylation is 1. The highest BCUT2D eigenvalue weighted by atomic mass is 16.3. The molecule has 0 radical (unpaired) electrons. The average molecular weight is 306 g/mol. The molecular weight excluding hydrogens is 288 g/mol. The normalized spacial score (nSPS) is 11.2. The van der Waals surface area contributed by atoms with Crippen molar-refractivity contribution in [3.8, 4) is 0 Å². The molecule has 0 unspecified atom stereocenters. The molecule has 0 N–H and O–H groups in total. The molecular formula is C19H18N2O2. The summed E-state index contributed by atoms with van der Waals surface area (Å²) in [5, 5.41) is 1.02. The molecule has 0 aliphatic carbocycles. The Bertz CT molecular complexity index is 831. The zero-order valence-electron chi connectivity index (χ0n) is 13.2. The van der Waals surface area contributed by atoms with E-state index in [9.17, 15) is 4.79 Å². The van der Waals surface area contributed by atoms with Gasteiger partial charge in [0.05, 0.1) is 0 Å². The number of nitrogens with zero attached hydrogens (tertiary/aromatic N) is 2. The maximum absolute atomic E-state index is 12.5. The predicted molar refractivity (Wildman–Crippen MR) is 92.2 cm³/mol. The number of aromatic nitrogens is 1. The van der Waals surface area contributed by atoms with Gasteiger partial charge in [0.25, 0.3) is 5.91 Å². The summed E-state index contributed by atoms with van der Waals surface area (Å²) in [6.45, 7) is 4.43. The number of pyridine rings is 1. The number of likely N-dealkylation sites (N-methyl/N-ethyl adjacent to an activating group) is 1. The monoisotopic (exact) mass is 306 g/mol. The Hall–Kier alpha value is -2.88. The van der Waals surface area contributed by atoms with E-state index in [0.717, 1.165) is 16.5 Å². The lowest BCUT2D eigenvalue weighted by atomic mass is 10.2. The minimum atomic E-state index is -0.116. The first-order valence-electron chi connectivity index (χ1n) is 7.59. The van der Waals surface area contributed by atoms with Crippen molar-refractivity contribution in [1.29, 1.82) is 0 Å². The molecule has 1 amide bonds. The van der Waals surface area contributed by atoms with Crippen LogP contribution in [0.3, 0.4) is 0 Å². The number of hydrogen-bond acceptors (Lipinski definition) is 3. The summed E-state index contributed by atoms with van der Waals surface area (Å²) >= 11 is 0. The third kappa shape index (κ3) is 3.16. The molecule has 1 aromatic carbocycles. The van der Waals surface area contributed by atoms with Crippen LogP contribution < -0.4 is 4.90 Å². The van der Waals surface area contributed by atoms with Crippen LogP contribution in [-0.4, -0.2) is 17.4 Å².